The van der Waals surface area contributed by atoms with Gasteiger partial charge in [0.15, 0.2) is 0 Å². The summed E-state index contributed by atoms with van der Waals surface area (Å²) in [5, 5.41) is 0. The van der Waals surface area contributed by atoms with Gasteiger partial charge < -0.3 is 0 Å². The highest BCUT2D eigenvalue weighted by atomic mass is 16.2. The van der Waals surface area contributed by atoms with Crippen LogP contribution in [0.4, 0.5) is 0 Å². The first kappa shape index (κ1) is 9.96. The predicted octanol–water partition coefficient (Wildman–Crippen LogP) is 1.47. The van der Waals surface area contributed by atoms with E-state index in [1.54, 1.807) is 6.54 Å². The molecule has 1 heterocycles. The number of rotatable bonds is 5. The Labute approximate surface area is 78.4 Å². The van der Waals surface area contributed by atoms with Crippen LogP contribution in [0.3, 0.4) is 0 Å². The number of imide groups is 1. The number of hydrogen-bond acceptors (Lipinski definition) is 2. The normalized spacial score (nSPS) is 15.9. The van der Waals surface area contributed by atoms with Gasteiger partial charge in [-0.25, -0.2) is 0 Å². The first-order valence-corrected chi connectivity index (χ1v) is 4.43. The molecule has 1 aliphatic heterocycles. The minimum Gasteiger partial charge on any atom is -0.270 e. The summed E-state index contributed by atoms with van der Waals surface area (Å²) in [6.45, 7) is 5.36. The lowest BCUT2D eigenvalue weighted by atomic mass is 10.2. The average molecular weight is 179 g/mol. The fraction of sp³-hybridized carbons (Fsp3) is 0.400. The molecule has 13 heavy (non-hydrogen) atoms. The maximum Gasteiger partial charge on any atom is 0.253 e. The minimum absolute atomic E-state index is 0.236. The molecule has 70 valence electrons. The first-order valence-electron chi connectivity index (χ1n) is 4.43. The number of carbonyl (C=O) groups is 2. The number of nitrogens with zero attached hydrogens (tertiary/aromatic N) is 1. The molecule has 1 aliphatic rings. The number of hydrogen-bond donors (Lipinski definition) is 0. The van der Waals surface area contributed by atoms with Crippen LogP contribution >= 0.6 is 0 Å². The predicted molar refractivity (Wildman–Crippen MR) is 49.1 cm³/mol. The summed E-state index contributed by atoms with van der Waals surface area (Å²) in [5.41, 5.74) is 0. The second-order valence-corrected chi connectivity index (χ2v) is 2.91. The van der Waals surface area contributed by atoms with Crippen molar-refractivity contribution >= 4 is 11.8 Å². The van der Waals surface area contributed by atoms with Crippen molar-refractivity contribution in [2.75, 3.05) is 0 Å². The van der Waals surface area contributed by atoms with Crippen LogP contribution in [0.1, 0.15) is 25.7 Å². The van der Waals surface area contributed by atoms with Crippen molar-refractivity contribution in [1.82, 2.24) is 4.90 Å². The number of unbranched alkanes of at least 4 members (excludes halogenated alkanes) is 3. The second kappa shape index (κ2) is 4.80. The van der Waals surface area contributed by atoms with E-state index in [-0.39, 0.29) is 11.8 Å². The third-order valence-electron chi connectivity index (χ3n) is 1.86. The van der Waals surface area contributed by atoms with Crippen molar-refractivity contribution in [2.45, 2.75) is 25.7 Å². The quantitative estimate of drug-likeness (QED) is 0.473. The molecule has 0 aromatic rings. The van der Waals surface area contributed by atoms with Crippen LogP contribution < -0.4 is 0 Å². The van der Waals surface area contributed by atoms with Crippen molar-refractivity contribution in [3.63, 3.8) is 0 Å². The van der Waals surface area contributed by atoms with Gasteiger partial charge in [0, 0.05) is 12.2 Å². The third-order valence-corrected chi connectivity index (χ3v) is 1.86. The fourth-order valence-electron chi connectivity index (χ4n) is 1.13. The molecule has 0 aromatic carbocycles. The second-order valence-electron chi connectivity index (χ2n) is 2.91. The van der Waals surface area contributed by atoms with E-state index in [0.29, 0.717) is 0 Å². The summed E-state index contributed by atoms with van der Waals surface area (Å²) in [5.74, 6) is -0.473. The van der Waals surface area contributed by atoms with Crippen LogP contribution in [0, 0.1) is 13.5 Å². The van der Waals surface area contributed by atoms with Gasteiger partial charge in [-0.3, -0.25) is 14.5 Å². The van der Waals surface area contributed by atoms with E-state index in [9.17, 15) is 9.59 Å². The number of amides is 2. The molecule has 0 saturated heterocycles. The Hall–Kier alpha value is -1.12. The summed E-state index contributed by atoms with van der Waals surface area (Å²) < 4.78 is 0. The van der Waals surface area contributed by atoms with Gasteiger partial charge in [0.05, 0.1) is 6.54 Å². The van der Waals surface area contributed by atoms with Crippen LogP contribution in [0.15, 0.2) is 12.2 Å². The monoisotopic (exact) mass is 179 g/mol. The molecule has 3 heteroatoms. The smallest absolute Gasteiger partial charge is 0.253 e. The van der Waals surface area contributed by atoms with Gasteiger partial charge in [-0.1, -0.05) is 26.2 Å². The molecule has 0 N–H and O–H groups in total. The molecule has 0 fully saturated rings. The fourth-order valence-corrected chi connectivity index (χ4v) is 1.13. The summed E-state index contributed by atoms with van der Waals surface area (Å²) in [6.07, 6.45) is 6.24. The van der Waals surface area contributed by atoms with E-state index in [0.717, 1.165) is 30.6 Å². The lowest BCUT2D eigenvalue weighted by molar-refractivity contribution is -0.134. The van der Waals surface area contributed by atoms with Crippen LogP contribution in [0.2, 0.25) is 0 Å². The van der Waals surface area contributed by atoms with Crippen LogP contribution in [0.5, 0.6) is 0 Å². The van der Waals surface area contributed by atoms with E-state index >= 15 is 0 Å². The van der Waals surface area contributed by atoms with E-state index in [4.69, 9.17) is 0 Å². The van der Waals surface area contributed by atoms with Crippen LogP contribution in [-0.2, 0) is 9.59 Å². The molecule has 0 bridgehead atoms. The zero-order valence-corrected chi connectivity index (χ0v) is 7.53. The highest BCUT2D eigenvalue weighted by Crippen LogP contribution is 2.10. The third kappa shape index (κ3) is 2.68. The lowest BCUT2D eigenvalue weighted by Gasteiger charge is -2.11. The summed E-state index contributed by atoms with van der Waals surface area (Å²) in [6, 6.07) is 0. The van der Waals surface area contributed by atoms with Gasteiger partial charge >= 0.3 is 0 Å². The molecular formula is C10H13NO2. The molecule has 0 unspecified atom stereocenters. The van der Waals surface area contributed by atoms with E-state index in [2.05, 4.69) is 6.92 Å². The lowest BCUT2D eigenvalue weighted by Crippen LogP contribution is -2.27. The SMILES string of the molecule is [CH2]CCCC[CH]N1C(=O)C=CC1=O. The molecule has 0 spiro atoms. The van der Waals surface area contributed by atoms with Gasteiger partial charge in [0.25, 0.3) is 11.8 Å². The molecule has 0 saturated carbocycles. The Morgan fingerprint density at radius 1 is 1.23 bits per heavy atom. The first-order chi connectivity index (χ1) is 6.25. The van der Waals surface area contributed by atoms with Crippen molar-refractivity contribution < 1.29 is 9.59 Å². The Morgan fingerprint density at radius 3 is 2.38 bits per heavy atom. The van der Waals surface area contributed by atoms with Gasteiger partial charge in [0.1, 0.15) is 0 Å². The summed E-state index contributed by atoms with van der Waals surface area (Å²) in [7, 11) is 0. The van der Waals surface area contributed by atoms with Gasteiger partial charge in [0.2, 0.25) is 0 Å². The van der Waals surface area contributed by atoms with Gasteiger partial charge in [-0.15, -0.1) is 0 Å². The molecule has 0 aliphatic carbocycles. The molecule has 0 atom stereocenters. The van der Waals surface area contributed by atoms with E-state index in [1.165, 1.54) is 12.2 Å². The molecular weight excluding hydrogens is 166 g/mol. The van der Waals surface area contributed by atoms with Gasteiger partial charge in [-0.05, 0) is 6.42 Å². The zero-order valence-electron chi connectivity index (χ0n) is 7.53. The summed E-state index contributed by atoms with van der Waals surface area (Å²) >= 11 is 0. The Bertz CT molecular complexity index is 215. The van der Waals surface area contributed by atoms with Crippen molar-refractivity contribution in [3.05, 3.63) is 25.6 Å². The Kier molecular flexibility index (Phi) is 3.68. The summed E-state index contributed by atoms with van der Waals surface area (Å²) in [4.78, 5) is 23.2. The highest BCUT2D eigenvalue weighted by molar-refractivity contribution is 6.13. The Balaban J connectivity index is 2.22. The molecule has 3 nitrogen and oxygen atoms in total. The van der Waals surface area contributed by atoms with Crippen LogP contribution in [-0.4, -0.2) is 16.7 Å². The topological polar surface area (TPSA) is 37.4 Å². The Morgan fingerprint density at radius 2 is 1.85 bits per heavy atom. The average Bonchev–Trinajstić information content (AvgIpc) is 2.42. The van der Waals surface area contributed by atoms with Gasteiger partial charge in [-0.2, -0.15) is 0 Å². The zero-order chi connectivity index (χ0) is 9.68. The minimum atomic E-state index is -0.236. The van der Waals surface area contributed by atoms with E-state index in [1.807, 2.05) is 0 Å². The molecule has 2 radical (unpaired) electrons. The number of carbonyl (C=O) groups excluding carboxylic acids is 2. The molecule has 0 aromatic heterocycles. The van der Waals surface area contributed by atoms with Crippen molar-refractivity contribution in [2.24, 2.45) is 0 Å². The van der Waals surface area contributed by atoms with Crippen LogP contribution in [0.25, 0.3) is 0 Å². The van der Waals surface area contributed by atoms with Crippen molar-refractivity contribution in [3.8, 4) is 0 Å². The molecule has 1 rings (SSSR count). The maximum absolute atomic E-state index is 11.0. The standard InChI is InChI=1S/C10H13NO2/c1-2-3-4-5-8-11-9(12)6-7-10(11)13/h6-8H,1-5H2. The van der Waals surface area contributed by atoms with Crippen molar-refractivity contribution in [1.29, 1.82) is 0 Å². The maximum atomic E-state index is 11.0. The molecule has 2 amide bonds. The largest absolute Gasteiger partial charge is 0.270 e. The van der Waals surface area contributed by atoms with E-state index < -0.39 is 0 Å². The highest BCUT2D eigenvalue weighted by Gasteiger charge is 2.22.